The van der Waals surface area contributed by atoms with E-state index in [0.29, 0.717) is 63.7 Å². The summed E-state index contributed by atoms with van der Waals surface area (Å²) in [6.45, 7) is 10.1. The molecule has 2 saturated heterocycles. The standard InChI is InChI=1S/C35H49F2N5O5S/c1-4-48(43,44)47-19-8-6-5-7-18-46-32-24-30(42-16-20-45-21-17-42)23-31-33(32)26(3)40-41-34(31)39-25(2)27-10-9-11-29(22-27)35(36,37)28-12-14-38-15-13-28/h9-11,22-25,28,38H,4-8,12-21H2,1-3H3,(H,39,41)/t25-/m1/s1. The Morgan fingerprint density at radius 2 is 1.79 bits per heavy atom. The lowest BCUT2D eigenvalue weighted by atomic mass is 9.86. The second-order valence-electron chi connectivity index (χ2n) is 12.7. The highest BCUT2D eigenvalue weighted by Gasteiger charge is 2.41. The second kappa shape index (κ2) is 16.5. The van der Waals surface area contributed by atoms with Crippen LogP contribution < -0.4 is 20.3 Å². The fourth-order valence-corrected chi connectivity index (χ4v) is 6.89. The van der Waals surface area contributed by atoms with E-state index in [1.165, 1.54) is 6.07 Å². The Hall–Kier alpha value is -3.13. The van der Waals surface area contributed by atoms with Crippen LogP contribution in [-0.2, 0) is 25.0 Å². The van der Waals surface area contributed by atoms with E-state index in [-0.39, 0.29) is 24.0 Å². The number of ether oxygens (including phenoxy) is 2. The number of nitrogens with zero attached hydrogens (tertiary/aromatic N) is 3. The predicted octanol–water partition coefficient (Wildman–Crippen LogP) is 6.34. The number of rotatable bonds is 16. The molecule has 0 radical (unpaired) electrons. The Labute approximate surface area is 283 Å². The summed E-state index contributed by atoms with van der Waals surface area (Å²) in [4.78, 5) is 2.26. The van der Waals surface area contributed by atoms with Gasteiger partial charge >= 0.3 is 0 Å². The number of hydrogen-bond acceptors (Lipinski definition) is 10. The lowest BCUT2D eigenvalue weighted by Crippen LogP contribution is -2.36. The third-order valence-electron chi connectivity index (χ3n) is 9.27. The Morgan fingerprint density at radius 3 is 2.52 bits per heavy atom. The molecule has 48 heavy (non-hydrogen) atoms. The van der Waals surface area contributed by atoms with Gasteiger partial charge in [0.15, 0.2) is 5.82 Å². The number of hydrogen-bond donors (Lipinski definition) is 2. The maximum atomic E-state index is 15.6. The molecule has 1 aromatic heterocycles. The third-order valence-corrected chi connectivity index (χ3v) is 10.5. The van der Waals surface area contributed by atoms with E-state index in [1.54, 1.807) is 19.1 Å². The highest BCUT2D eigenvalue weighted by atomic mass is 32.2. The van der Waals surface area contributed by atoms with Crippen LogP contribution >= 0.6 is 0 Å². The van der Waals surface area contributed by atoms with Crippen LogP contribution in [0.3, 0.4) is 0 Å². The minimum Gasteiger partial charge on any atom is -0.493 e. The third kappa shape index (κ3) is 9.10. The molecule has 2 aliphatic heterocycles. The number of fused-ring (bicyclic) bond motifs is 1. The number of aryl methyl sites for hydroxylation is 1. The average Bonchev–Trinajstić information content (AvgIpc) is 3.11. The van der Waals surface area contributed by atoms with E-state index in [9.17, 15) is 8.42 Å². The Kier molecular flexibility index (Phi) is 12.4. The summed E-state index contributed by atoms with van der Waals surface area (Å²) in [5.41, 5.74) is 2.51. The number of anilines is 2. The molecule has 0 amide bonds. The molecule has 0 saturated carbocycles. The van der Waals surface area contributed by atoms with Crippen molar-refractivity contribution in [3.8, 4) is 5.75 Å². The zero-order chi connectivity index (χ0) is 34.1. The quantitative estimate of drug-likeness (QED) is 0.130. The smallest absolute Gasteiger partial charge is 0.276 e. The fourth-order valence-electron chi connectivity index (χ4n) is 6.35. The summed E-state index contributed by atoms with van der Waals surface area (Å²) in [5.74, 6) is -2.35. The molecule has 2 aliphatic rings. The van der Waals surface area contributed by atoms with Crippen LogP contribution in [0.25, 0.3) is 10.8 Å². The Bertz CT molecular complexity index is 1610. The maximum absolute atomic E-state index is 15.6. The first-order chi connectivity index (χ1) is 23.1. The molecule has 2 aromatic carbocycles. The lowest BCUT2D eigenvalue weighted by Gasteiger charge is -2.31. The van der Waals surface area contributed by atoms with Crippen LogP contribution in [0.5, 0.6) is 5.75 Å². The molecule has 3 aromatic rings. The largest absolute Gasteiger partial charge is 0.493 e. The van der Waals surface area contributed by atoms with Crippen molar-refractivity contribution >= 4 is 32.4 Å². The molecule has 1 atom stereocenters. The molecule has 0 spiro atoms. The van der Waals surface area contributed by atoms with Crippen LogP contribution in [-0.4, -0.2) is 77.0 Å². The SMILES string of the molecule is CCS(=O)(=O)OCCCCCCOc1cc(N2CCOCC2)cc2c(N[C@H](C)c3cccc(C(F)(F)C4CCNCC4)c3)nnc(C)c12. The summed E-state index contributed by atoms with van der Waals surface area (Å²) >= 11 is 0. The van der Waals surface area contributed by atoms with E-state index in [4.69, 9.17) is 13.7 Å². The van der Waals surface area contributed by atoms with E-state index in [1.807, 2.05) is 26.0 Å². The van der Waals surface area contributed by atoms with Gasteiger partial charge in [-0.05, 0) is 83.7 Å². The van der Waals surface area contributed by atoms with Gasteiger partial charge in [0.25, 0.3) is 16.0 Å². The number of nitrogens with one attached hydrogen (secondary N) is 2. The van der Waals surface area contributed by atoms with Crippen molar-refractivity contribution in [1.29, 1.82) is 0 Å². The van der Waals surface area contributed by atoms with Crippen LogP contribution in [0.1, 0.15) is 75.2 Å². The maximum Gasteiger partial charge on any atom is 0.276 e. The van der Waals surface area contributed by atoms with Crippen molar-refractivity contribution in [2.45, 2.75) is 71.3 Å². The molecule has 10 nitrogen and oxygen atoms in total. The van der Waals surface area contributed by atoms with E-state index in [2.05, 4.69) is 31.8 Å². The number of aromatic nitrogens is 2. The zero-order valence-electron chi connectivity index (χ0n) is 28.3. The molecule has 264 valence electrons. The van der Waals surface area contributed by atoms with Gasteiger partial charge in [-0.3, -0.25) is 4.18 Å². The predicted molar refractivity (Wildman–Crippen MR) is 185 cm³/mol. The van der Waals surface area contributed by atoms with Gasteiger partial charge in [0.1, 0.15) is 5.75 Å². The summed E-state index contributed by atoms with van der Waals surface area (Å²) in [5, 5.41) is 17.3. The van der Waals surface area contributed by atoms with Crippen molar-refractivity contribution < 1.29 is 30.9 Å². The molecule has 2 fully saturated rings. The first-order valence-corrected chi connectivity index (χ1v) is 18.8. The van der Waals surface area contributed by atoms with E-state index in [0.717, 1.165) is 60.1 Å². The highest BCUT2D eigenvalue weighted by molar-refractivity contribution is 7.86. The first kappa shape index (κ1) is 36.2. The molecular formula is C35H49F2N5O5S. The molecule has 0 bridgehead atoms. The van der Waals surface area contributed by atoms with Crippen LogP contribution in [0.15, 0.2) is 36.4 Å². The summed E-state index contributed by atoms with van der Waals surface area (Å²) < 4.78 is 71.2. The summed E-state index contributed by atoms with van der Waals surface area (Å²) in [7, 11) is -3.42. The minimum atomic E-state index is -3.42. The highest BCUT2D eigenvalue weighted by Crippen LogP contribution is 2.42. The normalized spacial score (nSPS) is 17.1. The number of alkyl halides is 2. The van der Waals surface area contributed by atoms with Crippen molar-refractivity contribution in [2.24, 2.45) is 5.92 Å². The Balaban J connectivity index is 1.34. The van der Waals surface area contributed by atoms with E-state index >= 15 is 8.78 Å². The van der Waals surface area contributed by atoms with Gasteiger partial charge in [0, 0.05) is 41.7 Å². The second-order valence-corrected chi connectivity index (χ2v) is 14.6. The van der Waals surface area contributed by atoms with Crippen molar-refractivity contribution in [1.82, 2.24) is 15.5 Å². The first-order valence-electron chi connectivity index (χ1n) is 17.2. The van der Waals surface area contributed by atoms with Gasteiger partial charge in [-0.25, -0.2) is 8.78 Å². The molecule has 13 heteroatoms. The molecule has 3 heterocycles. The van der Waals surface area contributed by atoms with Gasteiger partial charge < -0.3 is 25.0 Å². The van der Waals surface area contributed by atoms with Crippen LogP contribution in [0.2, 0.25) is 0 Å². The monoisotopic (exact) mass is 689 g/mol. The number of benzene rings is 2. The number of morpholine rings is 1. The fraction of sp³-hybridized carbons (Fsp3) is 0.600. The molecule has 0 aliphatic carbocycles. The van der Waals surface area contributed by atoms with E-state index < -0.39 is 22.0 Å². The number of piperidine rings is 1. The van der Waals surface area contributed by atoms with Crippen molar-refractivity contribution in [3.05, 3.63) is 53.2 Å². The molecular weight excluding hydrogens is 640 g/mol. The average molecular weight is 690 g/mol. The Morgan fingerprint density at radius 1 is 1.06 bits per heavy atom. The van der Waals surface area contributed by atoms with Crippen LogP contribution in [0.4, 0.5) is 20.3 Å². The van der Waals surface area contributed by atoms with Gasteiger partial charge in [-0.2, -0.15) is 13.5 Å². The molecule has 0 unspecified atom stereocenters. The van der Waals surface area contributed by atoms with Crippen molar-refractivity contribution in [2.75, 3.05) is 68.6 Å². The minimum absolute atomic E-state index is 0.0248. The molecule has 2 N–H and O–H groups in total. The summed E-state index contributed by atoms with van der Waals surface area (Å²) in [6.07, 6.45) is 4.06. The topological polar surface area (TPSA) is 115 Å². The zero-order valence-corrected chi connectivity index (χ0v) is 29.1. The van der Waals surface area contributed by atoms with Crippen LogP contribution in [0, 0.1) is 12.8 Å². The van der Waals surface area contributed by atoms with Gasteiger partial charge in [-0.15, -0.1) is 5.10 Å². The van der Waals surface area contributed by atoms with Crippen molar-refractivity contribution in [3.63, 3.8) is 0 Å². The molecule has 5 rings (SSSR count). The van der Waals surface area contributed by atoms with Gasteiger partial charge in [0.2, 0.25) is 0 Å². The van der Waals surface area contributed by atoms with Gasteiger partial charge in [-0.1, -0.05) is 24.6 Å². The summed E-state index contributed by atoms with van der Waals surface area (Å²) in [6, 6.07) is 10.5. The van der Waals surface area contributed by atoms with Gasteiger partial charge in [0.05, 0.1) is 49.3 Å². The lowest BCUT2D eigenvalue weighted by molar-refractivity contribution is -0.0754. The number of unbranched alkanes of at least 4 members (excludes halogenated alkanes) is 3. The number of halogens is 2.